The molecule has 0 atom stereocenters. The number of allylic oxidation sites excluding steroid dienone is 1. The van der Waals surface area contributed by atoms with Gasteiger partial charge in [-0.05, 0) is 37.1 Å². The Morgan fingerprint density at radius 1 is 1.29 bits per heavy atom. The van der Waals surface area contributed by atoms with Crippen molar-refractivity contribution in [1.29, 1.82) is 0 Å². The minimum atomic E-state index is 0.0421. The molecule has 1 aromatic carbocycles. The van der Waals surface area contributed by atoms with E-state index in [1.165, 1.54) is 0 Å². The topological polar surface area (TPSA) is 48.3 Å². The van der Waals surface area contributed by atoms with E-state index in [1.54, 1.807) is 11.2 Å². The number of amidine groups is 1. The Hall–Kier alpha value is -2.40. The van der Waals surface area contributed by atoms with E-state index in [9.17, 15) is 4.79 Å². The summed E-state index contributed by atoms with van der Waals surface area (Å²) in [5.41, 5.74) is 3.34. The summed E-state index contributed by atoms with van der Waals surface area (Å²) in [7, 11) is 0. The molecule has 6 heteroatoms. The van der Waals surface area contributed by atoms with Crippen LogP contribution in [0, 0.1) is 6.92 Å². The molecule has 0 saturated carbocycles. The predicted molar refractivity (Wildman–Crippen MR) is 96.1 cm³/mol. The van der Waals surface area contributed by atoms with Gasteiger partial charge in [-0.3, -0.25) is 9.79 Å². The number of carbonyl (C=O) groups excluding carboxylic acids is 1. The van der Waals surface area contributed by atoms with Crippen molar-refractivity contribution >= 4 is 35.3 Å². The fraction of sp³-hybridized carbons (Fsp3) is 0.278. The van der Waals surface area contributed by atoms with Crippen LogP contribution in [0.15, 0.2) is 46.0 Å². The Balaban J connectivity index is 1.84. The number of hydrogen-bond acceptors (Lipinski definition) is 4. The smallest absolute Gasteiger partial charge is 0.253 e. The van der Waals surface area contributed by atoms with Crippen molar-refractivity contribution in [3.05, 3.63) is 52.1 Å². The fourth-order valence-corrected chi connectivity index (χ4v) is 3.12. The summed E-state index contributed by atoms with van der Waals surface area (Å²) in [5.74, 6) is 0.782. The third-order valence-electron chi connectivity index (χ3n) is 4.47. The third-order valence-corrected chi connectivity index (χ3v) is 4.88. The molecule has 122 valence electrons. The van der Waals surface area contributed by atoms with E-state index in [4.69, 9.17) is 11.6 Å². The molecule has 1 amide bonds. The molecule has 0 aromatic heterocycles. The minimum Gasteiger partial charge on any atom is -0.339 e. The third kappa shape index (κ3) is 2.45. The van der Waals surface area contributed by atoms with Gasteiger partial charge in [0.05, 0.1) is 17.8 Å². The molecule has 3 aliphatic heterocycles. The Bertz CT molecular complexity index is 833. The lowest BCUT2D eigenvalue weighted by molar-refractivity contribution is -0.130. The first kappa shape index (κ1) is 15.1. The van der Waals surface area contributed by atoms with E-state index in [0.29, 0.717) is 17.1 Å². The van der Waals surface area contributed by atoms with E-state index in [-0.39, 0.29) is 5.91 Å². The highest BCUT2D eigenvalue weighted by molar-refractivity contribution is 6.31. The van der Waals surface area contributed by atoms with Crippen LogP contribution in [-0.4, -0.2) is 47.5 Å². The number of fused-ring (bicyclic) bond motifs is 1. The molecule has 0 spiro atoms. The molecule has 0 unspecified atom stereocenters. The molecule has 1 saturated heterocycles. The highest BCUT2D eigenvalue weighted by Crippen LogP contribution is 2.32. The molecule has 1 fully saturated rings. The van der Waals surface area contributed by atoms with Crippen molar-refractivity contribution in [2.24, 2.45) is 10.1 Å². The van der Waals surface area contributed by atoms with Crippen LogP contribution in [0.5, 0.6) is 0 Å². The maximum Gasteiger partial charge on any atom is 0.253 e. The molecule has 3 heterocycles. The predicted octanol–water partition coefficient (Wildman–Crippen LogP) is 2.86. The second kappa shape index (κ2) is 5.91. The Kier molecular flexibility index (Phi) is 3.73. The lowest BCUT2D eigenvalue weighted by atomic mass is 10.0. The van der Waals surface area contributed by atoms with Crippen LogP contribution in [0.4, 0.5) is 0 Å². The molecular weight excluding hydrogens is 324 g/mol. The molecule has 24 heavy (non-hydrogen) atoms. The van der Waals surface area contributed by atoms with Gasteiger partial charge in [-0.1, -0.05) is 23.7 Å². The number of nitrogens with zero attached hydrogens (tertiary/aromatic N) is 4. The Labute approximate surface area is 145 Å². The number of hydrogen-bond donors (Lipinski definition) is 0. The molecule has 0 N–H and O–H groups in total. The number of rotatable bonds is 2. The summed E-state index contributed by atoms with van der Waals surface area (Å²) in [6.45, 7) is 3.94. The van der Waals surface area contributed by atoms with Gasteiger partial charge in [-0.2, -0.15) is 5.10 Å². The monoisotopic (exact) mass is 340 g/mol. The van der Waals surface area contributed by atoms with Gasteiger partial charge < -0.3 is 4.90 Å². The van der Waals surface area contributed by atoms with Crippen LogP contribution in [-0.2, 0) is 4.79 Å². The van der Waals surface area contributed by atoms with Crippen molar-refractivity contribution in [3.63, 3.8) is 0 Å². The number of halogens is 1. The molecule has 0 bridgehead atoms. The summed E-state index contributed by atoms with van der Waals surface area (Å²) in [4.78, 5) is 19.2. The van der Waals surface area contributed by atoms with Crippen molar-refractivity contribution < 1.29 is 4.79 Å². The van der Waals surface area contributed by atoms with Crippen LogP contribution in [0.1, 0.15) is 17.5 Å². The number of carbonyl (C=O) groups is 1. The van der Waals surface area contributed by atoms with E-state index < -0.39 is 0 Å². The number of benzene rings is 1. The number of likely N-dealkylation sites (tertiary alicyclic amines) is 1. The Morgan fingerprint density at radius 3 is 2.83 bits per heavy atom. The molecular formula is C18H17ClN4O. The largest absolute Gasteiger partial charge is 0.339 e. The van der Waals surface area contributed by atoms with E-state index >= 15 is 0 Å². The van der Waals surface area contributed by atoms with Crippen molar-refractivity contribution in [3.8, 4) is 0 Å². The molecule has 1 aromatic rings. The quantitative estimate of drug-likeness (QED) is 0.831. The van der Waals surface area contributed by atoms with Crippen molar-refractivity contribution in [1.82, 2.24) is 9.91 Å². The fourth-order valence-electron chi connectivity index (χ4n) is 2.93. The first-order chi connectivity index (χ1) is 11.6. The SMILES string of the molecule is Cc1ccc(C2=C(C(=O)N3CCC3)CN=C3C=CC=NN32)cc1Cl. The van der Waals surface area contributed by atoms with Crippen molar-refractivity contribution in [2.75, 3.05) is 19.6 Å². The number of aryl methyl sites for hydroxylation is 1. The number of hydrazone groups is 1. The normalized spacial score (nSPS) is 19.2. The van der Waals surface area contributed by atoms with Gasteiger partial charge in [0.25, 0.3) is 5.91 Å². The zero-order valence-electron chi connectivity index (χ0n) is 13.4. The lowest BCUT2D eigenvalue weighted by Gasteiger charge is -2.35. The zero-order chi connectivity index (χ0) is 16.7. The second-order valence-electron chi connectivity index (χ2n) is 6.05. The molecule has 5 nitrogen and oxygen atoms in total. The second-order valence-corrected chi connectivity index (χ2v) is 6.45. The average Bonchev–Trinajstić information content (AvgIpc) is 2.55. The average molecular weight is 341 g/mol. The number of amides is 1. The van der Waals surface area contributed by atoms with Crippen LogP contribution >= 0.6 is 11.6 Å². The molecule has 0 aliphatic carbocycles. The first-order valence-electron chi connectivity index (χ1n) is 7.99. The van der Waals surface area contributed by atoms with Gasteiger partial charge in [-0.25, -0.2) is 5.01 Å². The lowest BCUT2D eigenvalue weighted by Crippen LogP contribution is -2.45. The van der Waals surface area contributed by atoms with Gasteiger partial charge in [0.2, 0.25) is 0 Å². The highest BCUT2D eigenvalue weighted by atomic mass is 35.5. The van der Waals surface area contributed by atoms with Gasteiger partial charge >= 0.3 is 0 Å². The summed E-state index contributed by atoms with van der Waals surface area (Å²) < 4.78 is 0. The molecule has 3 aliphatic rings. The van der Waals surface area contributed by atoms with Gasteiger partial charge in [0, 0.05) is 29.9 Å². The van der Waals surface area contributed by atoms with Gasteiger partial charge in [0.15, 0.2) is 0 Å². The maximum atomic E-state index is 12.9. The number of aliphatic imine (C=N–C) groups is 1. The Morgan fingerprint density at radius 2 is 2.12 bits per heavy atom. The first-order valence-corrected chi connectivity index (χ1v) is 8.37. The molecule has 0 radical (unpaired) electrons. The van der Waals surface area contributed by atoms with E-state index in [0.717, 1.165) is 42.2 Å². The zero-order valence-corrected chi connectivity index (χ0v) is 14.1. The van der Waals surface area contributed by atoms with Crippen LogP contribution < -0.4 is 0 Å². The highest BCUT2D eigenvalue weighted by Gasteiger charge is 2.32. The van der Waals surface area contributed by atoms with Crippen LogP contribution in [0.3, 0.4) is 0 Å². The van der Waals surface area contributed by atoms with Gasteiger partial charge in [-0.15, -0.1) is 0 Å². The standard InChI is InChI=1S/C18H17ClN4O/c1-12-5-6-13(10-15(12)19)17-14(18(24)22-8-3-9-22)11-20-16-4-2-7-21-23(16)17/h2,4-7,10H,3,8-9,11H2,1H3. The summed E-state index contributed by atoms with van der Waals surface area (Å²) >= 11 is 6.32. The van der Waals surface area contributed by atoms with Crippen molar-refractivity contribution in [2.45, 2.75) is 13.3 Å². The van der Waals surface area contributed by atoms with E-state index in [1.807, 2.05) is 42.2 Å². The van der Waals surface area contributed by atoms with E-state index in [2.05, 4.69) is 10.1 Å². The molecule has 4 rings (SSSR count). The van der Waals surface area contributed by atoms with Gasteiger partial charge in [0.1, 0.15) is 5.84 Å². The summed E-state index contributed by atoms with van der Waals surface area (Å²) in [5, 5.41) is 6.83. The summed E-state index contributed by atoms with van der Waals surface area (Å²) in [6.07, 6.45) is 6.50. The minimum absolute atomic E-state index is 0.0421. The maximum absolute atomic E-state index is 12.9. The summed E-state index contributed by atoms with van der Waals surface area (Å²) in [6, 6.07) is 5.84. The van der Waals surface area contributed by atoms with Crippen LogP contribution in [0.2, 0.25) is 5.02 Å². The van der Waals surface area contributed by atoms with Crippen LogP contribution in [0.25, 0.3) is 5.70 Å².